The second-order valence-electron chi connectivity index (χ2n) is 6.11. The number of aliphatic hydroxyl groups is 1. The molecule has 0 aliphatic rings. The van der Waals surface area contributed by atoms with Gasteiger partial charge in [-0.3, -0.25) is 4.79 Å². The van der Waals surface area contributed by atoms with E-state index in [-0.39, 0.29) is 29.5 Å². The maximum Gasteiger partial charge on any atom is 0.221 e. The van der Waals surface area contributed by atoms with E-state index in [9.17, 15) is 4.79 Å². The number of amides is 1. The Morgan fingerprint density at radius 1 is 1.35 bits per heavy atom. The molecule has 4 nitrogen and oxygen atoms in total. The van der Waals surface area contributed by atoms with Crippen molar-refractivity contribution in [3.05, 3.63) is 0 Å². The van der Waals surface area contributed by atoms with E-state index in [2.05, 4.69) is 5.32 Å². The summed E-state index contributed by atoms with van der Waals surface area (Å²) in [7, 11) is 0. The van der Waals surface area contributed by atoms with Gasteiger partial charge in [-0.2, -0.15) is 0 Å². The summed E-state index contributed by atoms with van der Waals surface area (Å²) in [6, 6.07) is -0.155. The largest absolute Gasteiger partial charge is 0.396 e. The molecule has 0 fully saturated rings. The van der Waals surface area contributed by atoms with E-state index in [1.807, 2.05) is 34.6 Å². The first kappa shape index (κ1) is 16.4. The third-order valence-corrected chi connectivity index (χ3v) is 3.40. The number of hydrogen-bond acceptors (Lipinski definition) is 3. The zero-order valence-corrected chi connectivity index (χ0v) is 11.8. The average molecular weight is 244 g/mol. The highest BCUT2D eigenvalue weighted by Gasteiger charge is 2.27. The molecule has 0 aromatic rings. The highest BCUT2D eigenvalue weighted by Crippen LogP contribution is 2.20. The molecule has 0 saturated heterocycles. The van der Waals surface area contributed by atoms with Crippen molar-refractivity contribution >= 4 is 5.91 Å². The summed E-state index contributed by atoms with van der Waals surface area (Å²) in [4.78, 5) is 11.9. The first-order valence-corrected chi connectivity index (χ1v) is 6.32. The van der Waals surface area contributed by atoms with E-state index >= 15 is 0 Å². The van der Waals surface area contributed by atoms with Crippen LogP contribution < -0.4 is 11.1 Å². The monoisotopic (exact) mass is 244 g/mol. The molecule has 0 saturated carbocycles. The van der Waals surface area contributed by atoms with Crippen LogP contribution in [0.3, 0.4) is 0 Å². The predicted molar refractivity (Wildman–Crippen MR) is 70.6 cm³/mol. The Labute approximate surface area is 105 Å². The Morgan fingerprint density at radius 3 is 2.24 bits per heavy atom. The fraction of sp³-hybridized carbons (Fsp3) is 0.923. The summed E-state index contributed by atoms with van der Waals surface area (Å²) < 4.78 is 0. The van der Waals surface area contributed by atoms with Crippen LogP contribution in [-0.2, 0) is 4.79 Å². The van der Waals surface area contributed by atoms with Crippen LogP contribution in [0.5, 0.6) is 0 Å². The van der Waals surface area contributed by atoms with Gasteiger partial charge in [-0.1, -0.05) is 27.7 Å². The molecule has 0 aliphatic heterocycles. The average Bonchev–Trinajstić information content (AvgIpc) is 2.16. The Hall–Kier alpha value is -0.610. The molecule has 0 spiro atoms. The lowest BCUT2D eigenvalue weighted by Gasteiger charge is -2.31. The van der Waals surface area contributed by atoms with Gasteiger partial charge in [0.1, 0.15) is 0 Å². The van der Waals surface area contributed by atoms with E-state index in [1.54, 1.807) is 0 Å². The van der Waals surface area contributed by atoms with Crippen molar-refractivity contribution in [2.45, 2.75) is 65.5 Å². The number of nitrogens with two attached hydrogens (primary N) is 1. The number of aliphatic hydroxyl groups excluding tert-OH is 1. The maximum atomic E-state index is 11.9. The van der Waals surface area contributed by atoms with Gasteiger partial charge in [0.05, 0.1) is 0 Å². The van der Waals surface area contributed by atoms with Crippen molar-refractivity contribution in [2.75, 3.05) is 6.61 Å². The van der Waals surface area contributed by atoms with Gasteiger partial charge in [-0.15, -0.1) is 0 Å². The molecular formula is C13H28N2O2. The third kappa shape index (κ3) is 6.03. The molecule has 102 valence electrons. The van der Waals surface area contributed by atoms with Crippen LogP contribution in [0.15, 0.2) is 0 Å². The summed E-state index contributed by atoms with van der Waals surface area (Å²) >= 11 is 0. The molecule has 4 heteroatoms. The van der Waals surface area contributed by atoms with Crippen LogP contribution in [0.4, 0.5) is 0 Å². The van der Waals surface area contributed by atoms with E-state index in [1.165, 1.54) is 0 Å². The van der Waals surface area contributed by atoms with Crippen molar-refractivity contribution in [1.82, 2.24) is 5.32 Å². The van der Waals surface area contributed by atoms with Gasteiger partial charge in [-0.05, 0) is 25.2 Å². The summed E-state index contributed by atoms with van der Waals surface area (Å²) in [5.41, 5.74) is 5.57. The van der Waals surface area contributed by atoms with Gasteiger partial charge >= 0.3 is 0 Å². The second kappa shape index (κ2) is 6.36. The molecule has 2 unspecified atom stereocenters. The number of carbonyl (C=O) groups is 1. The molecule has 0 aromatic heterocycles. The normalized spacial score (nSPS) is 17.4. The standard InChI is InChI=1S/C13H28N2O2/c1-6-13(5,7-8-16)15-11(17)9-10(14)12(2,3)4/h10,16H,6-9,14H2,1-5H3,(H,15,17). The first-order valence-electron chi connectivity index (χ1n) is 6.32. The van der Waals surface area contributed by atoms with Gasteiger partial charge in [0, 0.05) is 24.6 Å². The highest BCUT2D eigenvalue weighted by atomic mass is 16.3. The zero-order chi connectivity index (χ0) is 13.7. The smallest absolute Gasteiger partial charge is 0.221 e. The highest BCUT2D eigenvalue weighted by molar-refractivity contribution is 5.77. The Kier molecular flexibility index (Phi) is 6.13. The van der Waals surface area contributed by atoms with Crippen LogP contribution >= 0.6 is 0 Å². The molecule has 0 rings (SSSR count). The van der Waals surface area contributed by atoms with Crippen molar-refractivity contribution in [3.63, 3.8) is 0 Å². The molecule has 0 aliphatic carbocycles. The topological polar surface area (TPSA) is 75.3 Å². The minimum atomic E-state index is -0.330. The van der Waals surface area contributed by atoms with Crippen LogP contribution in [0, 0.1) is 5.41 Å². The van der Waals surface area contributed by atoms with Crippen molar-refractivity contribution in [1.29, 1.82) is 0 Å². The summed E-state index contributed by atoms with van der Waals surface area (Å²) in [5.74, 6) is -0.0368. The third-order valence-electron chi connectivity index (χ3n) is 3.40. The molecule has 2 atom stereocenters. The fourth-order valence-corrected chi connectivity index (χ4v) is 1.47. The predicted octanol–water partition coefficient (Wildman–Crippen LogP) is 1.42. The fourth-order valence-electron chi connectivity index (χ4n) is 1.47. The van der Waals surface area contributed by atoms with E-state index in [0.717, 1.165) is 6.42 Å². The van der Waals surface area contributed by atoms with Gasteiger partial charge in [-0.25, -0.2) is 0 Å². The lowest BCUT2D eigenvalue weighted by Crippen LogP contribution is -2.49. The number of carbonyl (C=O) groups excluding carboxylic acids is 1. The van der Waals surface area contributed by atoms with E-state index < -0.39 is 0 Å². The summed E-state index contributed by atoms with van der Waals surface area (Å²) in [5, 5.41) is 11.9. The van der Waals surface area contributed by atoms with Gasteiger partial charge in [0.15, 0.2) is 0 Å². The minimum Gasteiger partial charge on any atom is -0.396 e. The Morgan fingerprint density at radius 2 is 1.88 bits per heavy atom. The molecule has 1 amide bonds. The summed E-state index contributed by atoms with van der Waals surface area (Å²) in [6.07, 6.45) is 1.69. The molecule has 0 bridgehead atoms. The van der Waals surface area contributed by atoms with Gasteiger partial charge < -0.3 is 16.2 Å². The quantitative estimate of drug-likeness (QED) is 0.661. The SMILES string of the molecule is CCC(C)(CCO)NC(=O)CC(N)C(C)(C)C. The second-order valence-corrected chi connectivity index (χ2v) is 6.11. The van der Waals surface area contributed by atoms with Crippen LogP contribution in [-0.4, -0.2) is 29.2 Å². The summed E-state index contributed by atoms with van der Waals surface area (Å²) in [6.45, 7) is 10.1. The lowest BCUT2D eigenvalue weighted by molar-refractivity contribution is -0.123. The van der Waals surface area contributed by atoms with E-state index in [0.29, 0.717) is 12.8 Å². The van der Waals surface area contributed by atoms with Crippen molar-refractivity contribution < 1.29 is 9.90 Å². The van der Waals surface area contributed by atoms with Crippen LogP contribution in [0.1, 0.15) is 53.9 Å². The number of hydrogen-bond donors (Lipinski definition) is 3. The molecule has 17 heavy (non-hydrogen) atoms. The first-order chi connectivity index (χ1) is 7.64. The molecule has 0 radical (unpaired) electrons. The molecule has 0 heterocycles. The Bertz CT molecular complexity index is 248. The molecular weight excluding hydrogens is 216 g/mol. The Balaban J connectivity index is 4.35. The van der Waals surface area contributed by atoms with Crippen LogP contribution in [0.2, 0.25) is 0 Å². The van der Waals surface area contributed by atoms with Crippen molar-refractivity contribution in [2.24, 2.45) is 11.1 Å². The number of rotatable bonds is 6. The van der Waals surface area contributed by atoms with Gasteiger partial charge in [0.25, 0.3) is 0 Å². The maximum absolute atomic E-state index is 11.9. The zero-order valence-electron chi connectivity index (χ0n) is 11.8. The van der Waals surface area contributed by atoms with Crippen molar-refractivity contribution in [3.8, 4) is 0 Å². The van der Waals surface area contributed by atoms with E-state index in [4.69, 9.17) is 10.8 Å². The van der Waals surface area contributed by atoms with Crippen LogP contribution in [0.25, 0.3) is 0 Å². The molecule has 4 N–H and O–H groups in total. The number of nitrogens with one attached hydrogen (secondary N) is 1. The molecule has 0 aromatic carbocycles. The van der Waals surface area contributed by atoms with Gasteiger partial charge in [0.2, 0.25) is 5.91 Å². The lowest BCUT2D eigenvalue weighted by atomic mass is 9.85. The minimum absolute atomic E-state index is 0.0368.